The van der Waals surface area contributed by atoms with Crippen molar-refractivity contribution in [1.82, 2.24) is 5.43 Å². The van der Waals surface area contributed by atoms with Gasteiger partial charge in [-0.05, 0) is 0 Å². The van der Waals surface area contributed by atoms with Gasteiger partial charge in [-0.1, -0.05) is 0 Å². The third-order valence-electron chi connectivity index (χ3n) is 0.395. The van der Waals surface area contributed by atoms with Gasteiger partial charge >= 0.3 is 0 Å². The second-order valence-corrected chi connectivity index (χ2v) is 0.816. The van der Waals surface area contributed by atoms with Crippen LogP contribution in [0, 0.1) is 0 Å². The summed E-state index contributed by atoms with van der Waals surface area (Å²) >= 11 is 0. The maximum atomic E-state index is 3.54. The molecule has 0 bridgehead atoms. The first-order valence-electron chi connectivity index (χ1n) is 1.86. The molecule has 0 saturated carbocycles. The lowest BCUT2D eigenvalue weighted by Crippen LogP contribution is -2.01. The lowest BCUT2D eigenvalue weighted by Gasteiger charge is -1.85. The molecule has 0 aromatic carbocycles. The van der Waals surface area contributed by atoms with E-state index in [1.807, 2.05) is 0 Å². The summed E-state index contributed by atoms with van der Waals surface area (Å²) in [6.45, 7) is 3.59. The standard InChI is InChI=1S/C3H8N4/c1-4-6-3-7-5-2/h6H,1,3H2,2H3. The molecule has 0 aliphatic carbocycles. The topological polar surface area (TPSA) is 49.1 Å². The van der Waals surface area contributed by atoms with E-state index < -0.39 is 0 Å². The minimum absolute atomic E-state index is 0.417. The van der Waals surface area contributed by atoms with Crippen LogP contribution in [-0.2, 0) is 0 Å². The van der Waals surface area contributed by atoms with E-state index in [0.29, 0.717) is 6.67 Å². The summed E-state index contributed by atoms with van der Waals surface area (Å²) in [5.41, 5.74) is 2.50. The van der Waals surface area contributed by atoms with Gasteiger partial charge in [0.05, 0.1) is 0 Å². The first-order chi connectivity index (χ1) is 3.41. The average molecular weight is 100 g/mol. The third kappa shape index (κ3) is 5.07. The van der Waals surface area contributed by atoms with Crippen LogP contribution in [0.4, 0.5) is 0 Å². The van der Waals surface area contributed by atoms with E-state index in [-0.39, 0.29) is 0 Å². The minimum Gasteiger partial charge on any atom is -0.287 e. The molecule has 0 fully saturated rings. The fourth-order valence-electron chi connectivity index (χ4n) is 0.152. The zero-order valence-corrected chi connectivity index (χ0v) is 4.26. The van der Waals surface area contributed by atoms with Gasteiger partial charge in [0.2, 0.25) is 0 Å². The van der Waals surface area contributed by atoms with Crippen molar-refractivity contribution in [3.63, 3.8) is 0 Å². The molecule has 4 heteroatoms. The highest BCUT2D eigenvalue weighted by Crippen LogP contribution is 1.62. The number of hydrazone groups is 1. The van der Waals surface area contributed by atoms with Crippen LogP contribution in [-0.4, -0.2) is 20.4 Å². The van der Waals surface area contributed by atoms with Crippen molar-refractivity contribution in [2.75, 3.05) is 13.7 Å². The number of nitrogens with one attached hydrogen (secondary N) is 1. The van der Waals surface area contributed by atoms with Crippen LogP contribution in [0.1, 0.15) is 0 Å². The van der Waals surface area contributed by atoms with E-state index in [1.54, 1.807) is 7.05 Å². The van der Waals surface area contributed by atoms with Gasteiger partial charge in [-0.2, -0.15) is 15.3 Å². The Morgan fingerprint density at radius 1 is 1.71 bits per heavy atom. The van der Waals surface area contributed by atoms with E-state index in [4.69, 9.17) is 0 Å². The van der Waals surface area contributed by atoms with Gasteiger partial charge in [-0.3, -0.25) is 5.43 Å². The molecular weight excluding hydrogens is 92.1 g/mol. The first kappa shape index (κ1) is 6.07. The van der Waals surface area contributed by atoms with Crippen LogP contribution in [0.2, 0.25) is 0 Å². The van der Waals surface area contributed by atoms with Gasteiger partial charge in [0.1, 0.15) is 6.67 Å². The molecule has 40 valence electrons. The second kappa shape index (κ2) is 5.07. The van der Waals surface area contributed by atoms with E-state index in [0.717, 1.165) is 0 Å². The fraction of sp³-hybridized carbons (Fsp3) is 0.667. The van der Waals surface area contributed by atoms with Crippen LogP contribution in [0.3, 0.4) is 0 Å². The fourth-order valence-corrected chi connectivity index (χ4v) is 0.152. The zero-order valence-electron chi connectivity index (χ0n) is 4.26. The van der Waals surface area contributed by atoms with Crippen molar-refractivity contribution in [3.05, 3.63) is 0 Å². The van der Waals surface area contributed by atoms with Crippen molar-refractivity contribution in [1.29, 1.82) is 0 Å². The monoisotopic (exact) mass is 100 g/mol. The summed E-state index contributed by atoms with van der Waals surface area (Å²) in [6.07, 6.45) is 0. The highest BCUT2D eigenvalue weighted by Gasteiger charge is 1.64. The van der Waals surface area contributed by atoms with Gasteiger partial charge in [0.15, 0.2) is 0 Å². The zero-order chi connectivity index (χ0) is 5.54. The maximum absolute atomic E-state index is 3.54. The smallest absolute Gasteiger partial charge is 0.144 e. The first-order valence-corrected chi connectivity index (χ1v) is 1.86. The molecule has 0 rings (SSSR count). The molecule has 0 aromatic rings. The van der Waals surface area contributed by atoms with E-state index in [1.165, 1.54) is 0 Å². The summed E-state index contributed by atoms with van der Waals surface area (Å²) in [6, 6.07) is 0. The molecule has 1 N–H and O–H groups in total. The molecule has 0 unspecified atom stereocenters. The van der Waals surface area contributed by atoms with Gasteiger partial charge in [0.25, 0.3) is 0 Å². The molecule has 0 aromatic heterocycles. The molecule has 0 spiro atoms. The largest absolute Gasteiger partial charge is 0.287 e. The SMILES string of the molecule is C=NNCN=NC. The molecular formula is C3H8N4. The van der Waals surface area contributed by atoms with Crippen molar-refractivity contribution < 1.29 is 0 Å². The molecule has 0 radical (unpaired) electrons. The van der Waals surface area contributed by atoms with Crippen LogP contribution >= 0.6 is 0 Å². The van der Waals surface area contributed by atoms with Gasteiger partial charge in [-0.15, -0.1) is 0 Å². The maximum Gasteiger partial charge on any atom is 0.144 e. The van der Waals surface area contributed by atoms with Crippen LogP contribution < -0.4 is 5.43 Å². The van der Waals surface area contributed by atoms with Crippen molar-refractivity contribution >= 4 is 6.72 Å². The number of nitrogens with zero attached hydrogens (tertiary/aromatic N) is 3. The summed E-state index contributed by atoms with van der Waals surface area (Å²) in [5, 5.41) is 10.3. The summed E-state index contributed by atoms with van der Waals surface area (Å²) in [4.78, 5) is 0. The normalized spacial score (nSPS) is 9.29. The summed E-state index contributed by atoms with van der Waals surface area (Å²) in [7, 11) is 1.60. The van der Waals surface area contributed by atoms with Crippen LogP contribution in [0.25, 0.3) is 0 Å². The van der Waals surface area contributed by atoms with Gasteiger partial charge in [0, 0.05) is 13.8 Å². The lowest BCUT2D eigenvalue weighted by atomic mass is 11.2. The van der Waals surface area contributed by atoms with E-state index in [9.17, 15) is 0 Å². The Labute approximate surface area is 42.3 Å². The number of rotatable bonds is 3. The summed E-state index contributed by atoms with van der Waals surface area (Å²) < 4.78 is 0. The molecule has 0 aliphatic rings. The Hall–Kier alpha value is -0.930. The Kier molecular flexibility index (Phi) is 4.40. The Bertz CT molecular complexity index is 67.3. The number of azo groups is 1. The van der Waals surface area contributed by atoms with Crippen molar-refractivity contribution in [2.45, 2.75) is 0 Å². The molecule has 0 atom stereocenters. The van der Waals surface area contributed by atoms with Gasteiger partial charge in [-0.25, -0.2) is 0 Å². The molecule has 4 nitrogen and oxygen atoms in total. The third-order valence-corrected chi connectivity index (χ3v) is 0.395. The number of hydrogen-bond acceptors (Lipinski definition) is 4. The van der Waals surface area contributed by atoms with Crippen molar-refractivity contribution in [2.24, 2.45) is 15.3 Å². The van der Waals surface area contributed by atoms with Crippen molar-refractivity contribution in [3.8, 4) is 0 Å². The molecule has 0 saturated heterocycles. The average Bonchev–Trinajstić information content (AvgIpc) is 1.69. The Morgan fingerprint density at radius 3 is 2.86 bits per heavy atom. The molecule has 7 heavy (non-hydrogen) atoms. The van der Waals surface area contributed by atoms with E-state index >= 15 is 0 Å². The predicted molar refractivity (Wildman–Crippen MR) is 28.3 cm³/mol. The van der Waals surface area contributed by atoms with E-state index in [2.05, 4.69) is 27.5 Å². The molecule has 0 aliphatic heterocycles. The molecule has 0 amide bonds. The molecule has 0 heterocycles. The van der Waals surface area contributed by atoms with Gasteiger partial charge < -0.3 is 0 Å². The number of hydrogen-bond donors (Lipinski definition) is 1. The van der Waals surface area contributed by atoms with Crippen LogP contribution in [0.5, 0.6) is 0 Å². The quantitative estimate of drug-likeness (QED) is 0.235. The minimum atomic E-state index is 0.417. The second-order valence-electron chi connectivity index (χ2n) is 0.816. The van der Waals surface area contributed by atoms with Crippen LogP contribution in [0.15, 0.2) is 15.3 Å². The highest BCUT2D eigenvalue weighted by atomic mass is 15.3. The Balaban J connectivity index is 2.82. The Morgan fingerprint density at radius 2 is 2.43 bits per heavy atom. The predicted octanol–water partition coefficient (Wildman–Crippen LogP) is 0.231. The summed E-state index contributed by atoms with van der Waals surface area (Å²) in [5.74, 6) is 0. The highest BCUT2D eigenvalue weighted by molar-refractivity contribution is 5.22. The lowest BCUT2D eigenvalue weighted by molar-refractivity contribution is 0.733.